The highest BCUT2D eigenvalue weighted by Crippen LogP contribution is 2.52. The summed E-state index contributed by atoms with van der Waals surface area (Å²) in [6, 6.07) is 13.5. The summed E-state index contributed by atoms with van der Waals surface area (Å²) >= 11 is 0. The van der Waals surface area contributed by atoms with Crippen molar-refractivity contribution in [2.75, 3.05) is 0 Å². The van der Waals surface area contributed by atoms with Gasteiger partial charge in [-0.1, -0.05) is 64.1 Å². The second-order valence-electron chi connectivity index (χ2n) is 6.55. The van der Waals surface area contributed by atoms with E-state index in [1.54, 1.807) is 5.56 Å². The first-order valence-electron chi connectivity index (χ1n) is 7.18. The molecule has 0 bridgehead atoms. The predicted octanol–water partition coefficient (Wildman–Crippen LogP) is 5.42. The van der Waals surface area contributed by atoms with E-state index in [1.165, 1.54) is 27.8 Å². The first kappa shape index (κ1) is 12.5. The fourth-order valence-electron chi connectivity index (χ4n) is 3.61. The van der Waals surface area contributed by atoms with E-state index in [-0.39, 0.29) is 5.41 Å². The molecule has 0 heteroatoms. The van der Waals surface area contributed by atoms with Crippen LogP contribution in [0.15, 0.2) is 36.4 Å². The minimum Gasteiger partial charge on any atom is -0.0619 e. The topological polar surface area (TPSA) is 0 Å². The van der Waals surface area contributed by atoms with Gasteiger partial charge in [0.25, 0.3) is 0 Å². The van der Waals surface area contributed by atoms with Crippen molar-refractivity contribution in [3.05, 3.63) is 58.7 Å². The molecule has 0 atom stereocenters. The molecule has 0 amide bonds. The molecule has 2 aromatic rings. The Bertz CT molecular complexity index is 645. The summed E-state index contributed by atoms with van der Waals surface area (Å²) < 4.78 is 0. The Kier molecular flexibility index (Phi) is 2.60. The number of hydrogen-bond acceptors (Lipinski definition) is 0. The van der Waals surface area contributed by atoms with Gasteiger partial charge in [0.15, 0.2) is 0 Å². The highest BCUT2D eigenvalue weighted by molar-refractivity contribution is 5.84. The Morgan fingerprint density at radius 2 is 1.63 bits per heavy atom. The largest absolute Gasteiger partial charge is 0.0619 e. The normalized spacial score (nSPS) is 15.5. The Balaban J connectivity index is 2.44. The fraction of sp³-hybridized carbons (Fsp3) is 0.368. The van der Waals surface area contributed by atoms with Gasteiger partial charge in [-0.05, 0) is 46.2 Å². The first-order chi connectivity index (χ1) is 8.94. The van der Waals surface area contributed by atoms with E-state index in [9.17, 15) is 0 Å². The molecule has 0 saturated carbocycles. The van der Waals surface area contributed by atoms with E-state index < -0.39 is 0 Å². The second kappa shape index (κ2) is 3.96. The molecular formula is C19H22. The van der Waals surface area contributed by atoms with Gasteiger partial charge in [0.2, 0.25) is 0 Å². The number of hydrogen-bond donors (Lipinski definition) is 0. The van der Waals surface area contributed by atoms with Crippen LogP contribution in [-0.2, 0) is 5.41 Å². The summed E-state index contributed by atoms with van der Waals surface area (Å²) in [5, 5.41) is 0. The standard InChI is InChI=1S/C19H22/c1-12(2)14-11-10-13(3)17-15-8-6-7-9-16(15)19(4,5)18(14)17/h6-12H,1-5H3. The molecule has 0 radical (unpaired) electrons. The molecule has 0 heterocycles. The van der Waals surface area contributed by atoms with Gasteiger partial charge in [-0.25, -0.2) is 0 Å². The molecule has 0 nitrogen and oxygen atoms in total. The van der Waals surface area contributed by atoms with Gasteiger partial charge in [0, 0.05) is 5.41 Å². The maximum Gasteiger partial charge on any atom is 0.0161 e. The zero-order chi connectivity index (χ0) is 13.8. The van der Waals surface area contributed by atoms with Crippen LogP contribution in [0.3, 0.4) is 0 Å². The molecule has 0 aliphatic heterocycles. The second-order valence-corrected chi connectivity index (χ2v) is 6.55. The molecule has 98 valence electrons. The van der Waals surface area contributed by atoms with Crippen molar-refractivity contribution in [2.45, 2.75) is 46.0 Å². The molecule has 1 aliphatic rings. The molecule has 0 unspecified atom stereocenters. The zero-order valence-corrected chi connectivity index (χ0v) is 12.5. The smallest absolute Gasteiger partial charge is 0.0161 e. The van der Waals surface area contributed by atoms with Crippen LogP contribution in [0.4, 0.5) is 0 Å². The average Bonchev–Trinajstić information content (AvgIpc) is 2.61. The molecule has 1 aliphatic carbocycles. The van der Waals surface area contributed by atoms with Crippen LogP contribution in [-0.4, -0.2) is 0 Å². The van der Waals surface area contributed by atoms with E-state index in [2.05, 4.69) is 71.0 Å². The Hall–Kier alpha value is -1.56. The number of benzene rings is 2. The molecule has 0 fully saturated rings. The number of fused-ring (bicyclic) bond motifs is 3. The van der Waals surface area contributed by atoms with E-state index >= 15 is 0 Å². The molecule has 2 aromatic carbocycles. The molecular weight excluding hydrogens is 228 g/mol. The molecule has 3 rings (SSSR count). The lowest BCUT2D eigenvalue weighted by Gasteiger charge is -2.26. The zero-order valence-electron chi connectivity index (χ0n) is 12.5. The Morgan fingerprint density at radius 3 is 2.32 bits per heavy atom. The van der Waals surface area contributed by atoms with Crippen molar-refractivity contribution in [3.8, 4) is 11.1 Å². The van der Waals surface area contributed by atoms with Gasteiger partial charge in [0.1, 0.15) is 0 Å². The lowest BCUT2D eigenvalue weighted by atomic mass is 9.77. The third-order valence-electron chi connectivity index (χ3n) is 4.56. The highest BCUT2D eigenvalue weighted by atomic mass is 14.4. The van der Waals surface area contributed by atoms with Crippen LogP contribution >= 0.6 is 0 Å². The predicted molar refractivity (Wildman–Crippen MR) is 82.8 cm³/mol. The lowest BCUT2D eigenvalue weighted by Crippen LogP contribution is -2.18. The third kappa shape index (κ3) is 1.59. The highest BCUT2D eigenvalue weighted by Gasteiger charge is 2.38. The summed E-state index contributed by atoms with van der Waals surface area (Å²) in [5.74, 6) is 0.572. The molecule has 0 spiro atoms. The van der Waals surface area contributed by atoms with Gasteiger partial charge >= 0.3 is 0 Å². The maximum atomic E-state index is 2.36. The summed E-state index contributed by atoms with van der Waals surface area (Å²) in [5.41, 5.74) is 8.95. The minimum absolute atomic E-state index is 0.123. The van der Waals surface area contributed by atoms with Crippen LogP contribution in [0.1, 0.15) is 55.9 Å². The van der Waals surface area contributed by atoms with E-state index in [0.717, 1.165) is 0 Å². The van der Waals surface area contributed by atoms with Gasteiger partial charge in [0.05, 0.1) is 0 Å². The van der Waals surface area contributed by atoms with Crippen LogP contribution in [0.5, 0.6) is 0 Å². The monoisotopic (exact) mass is 250 g/mol. The Labute approximate surface area is 116 Å². The fourth-order valence-corrected chi connectivity index (χ4v) is 3.61. The molecule has 0 N–H and O–H groups in total. The van der Waals surface area contributed by atoms with Crippen LogP contribution in [0, 0.1) is 6.92 Å². The van der Waals surface area contributed by atoms with Gasteiger partial charge in [-0.3, -0.25) is 0 Å². The minimum atomic E-state index is 0.123. The van der Waals surface area contributed by atoms with Crippen molar-refractivity contribution in [1.82, 2.24) is 0 Å². The molecule has 0 aromatic heterocycles. The average molecular weight is 250 g/mol. The van der Waals surface area contributed by atoms with E-state index in [0.29, 0.717) is 5.92 Å². The van der Waals surface area contributed by atoms with Crippen LogP contribution < -0.4 is 0 Å². The van der Waals surface area contributed by atoms with Crippen LogP contribution in [0.25, 0.3) is 11.1 Å². The summed E-state index contributed by atoms with van der Waals surface area (Å²) in [4.78, 5) is 0. The number of aryl methyl sites for hydroxylation is 1. The summed E-state index contributed by atoms with van der Waals surface area (Å²) in [7, 11) is 0. The molecule has 19 heavy (non-hydrogen) atoms. The van der Waals surface area contributed by atoms with Crippen molar-refractivity contribution < 1.29 is 0 Å². The third-order valence-corrected chi connectivity index (χ3v) is 4.56. The number of rotatable bonds is 1. The SMILES string of the molecule is Cc1ccc(C(C)C)c2c1-c1ccccc1C2(C)C. The van der Waals surface area contributed by atoms with E-state index in [1.807, 2.05) is 0 Å². The van der Waals surface area contributed by atoms with Crippen molar-refractivity contribution in [3.63, 3.8) is 0 Å². The lowest BCUT2D eigenvalue weighted by molar-refractivity contribution is 0.642. The van der Waals surface area contributed by atoms with Crippen molar-refractivity contribution >= 4 is 0 Å². The van der Waals surface area contributed by atoms with Gasteiger partial charge < -0.3 is 0 Å². The Morgan fingerprint density at radius 1 is 0.947 bits per heavy atom. The van der Waals surface area contributed by atoms with Crippen LogP contribution in [0.2, 0.25) is 0 Å². The quantitative estimate of drug-likeness (QED) is 0.633. The first-order valence-corrected chi connectivity index (χ1v) is 7.18. The molecule has 0 saturated heterocycles. The summed E-state index contributed by atoms with van der Waals surface area (Å²) in [6.45, 7) is 11.6. The maximum absolute atomic E-state index is 2.36. The van der Waals surface area contributed by atoms with Gasteiger partial charge in [-0.15, -0.1) is 0 Å². The van der Waals surface area contributed by atoms with Crippen molar-refractivity contribution in [1.29, 1.82) is 0 Å². The summed E-state index contributed by atoms with van der Waals surface area (Å²) in [6.07, 6.45) is 0. The van der Waals surface area contributed by atoms with E-state index in [4.69, 9.17) is 0 Å². The van der Waals surface area contributed by atoms with Crippen molar-refractivity contribution in [2.24, 2.45) is 0 Å². The van der Waals surface area contributed by atoms with Gasteiger partial charge in [-0.2, -0.15) is 0 Å².